The Morgan fingerprint density at radius 1 is 1.29 bits per heavy atom. The van der Waals surface area contributed by atoms with Crippen LogP contribution >= 0.6 is 0 Å². The number of pyridine rings is 1. The Kier molecular flexibility index (Phi) is 5.59. The van der Waals surface area contributed by atoms with E-state index >= 15 is 4.39 Å². The van der Waals surface area contributed by atoms with Crippen molar-refractivity contribution in [1.29, 1.82) is 0 Å². The van der Waals surface area contributed by atoms with Gasteiger partial charge >= 0.3 is 6.01 Å². The molecular formula is C35H34F2N6O2. The number of fused-ring (bicyclic) bond motifs is 5. The van der Waals surface area contributed by atoms with Gasteiger partial charge in [0.05, 0.1) is 16.5 Å². The Labute approximate surface area is 264 Å². The number of piperazine rings is 1. The van der Waals surface area contributed by atoms with Crippen molar-refractivity contribution in [2.75, 3.05) is 37.7 Å². The van der Waals surface area contributed by atoms with E-state index in [4.69, 9.17) is 20.3 Å². The van der Waals surface area contributed by atoms with Crippen LogP contribution in [0.3, 0.4) is 0 Å². The highest BCUT2D eigenvalue weighted by atomic mass is 19.1. The molecule has 2 N–H and O–H groups in total. The third-order valence-corrected chi connectivity index (χ3v) is 9.90. The van der Waals surface area contributed by atoms with E-state index < -0.39 is 24.0 Å². The average Bonchev–Trinajstić information content (AvgIpc) is 3.68. The van der Waals surface area contributed by atoms with E-state index in [1.165, 1.54) is 30.5 Å². The number of terminal acetylenes is 1. The SMILES string of the molecule is [2H]C([2H])([2H])[C@@]12CC[C@@H](CN(c3nc(OC[C@@]45CCCN4CC(=C)C5)nc4c(F)c(-c5cc(O)cc6ccc(F)c(C#C)c56)ncc34)C1)N2. The Morgan fingerprint density at radius 3 is 3.02 bits per heavy atom. The number of benzene rings is 2. The van der Waals surface area contributed by atoms with Crippen molar-refractivity contribution in [3.63, 3.8) is 0 Å². The highest BCUT2D eigenvalue weighted by molar-refractivity contribution is 6.03. The Morgan fingerprint density at radius 2 is 2.18 bits per heavy atom. The zero-order valence-corrected chi connectivity index (χ0v) is 24.7. The summed E-state index contributed by atoms with van der Waals surface area (Å²) in [6.45, 7) is 4.50. The summed E-state index contributed by atoms with van der Waals surface area (Å²) >= 11 is 0. The summed E-state index contributed by atoms with van der Waals surface area (Å²) < 4.78 is 63.1. The molecule has 2 aromatic heterocycles. The molecule has 2 bridgehead atoms. The van der Waals surface area contributed by atoms with E-state index in [1.807, 2.05) is 4.90 Å². The van der Waals surface area contributed by atoms with E-state index in [-0.39, 0.29) is 69.6 Å². The van der Waals surface area contributed by atoms with Gasteiger partial charge in [-0.2, -0.15) is 9.97 Å². The zero-order chi connectivity index (χ0) is 33.6. The molecule has 4 aliphatic rings. The van der Waals surface area contributed by atoms with Gasteiger partial charge < -0.3 is 20.1 Å². The van der Waals surface area contributed by atoms with Gasteiger partial charge in [0.1, 0.15) is 35.2 Å². The van der Waals surface area contributed by atoms with E-state index in [9.17, 15) is 9.50 Å². The number of nitrogens with one attached hydrogen (secondary N) is 1. The van der Waals surface area contributed by atoms with Crippen LogP contribution < -0.4 is 15.0 Å². The molecule has 4 fully saturated rings. The number of anilines is 1. The molecule has 3 atom stereocenters. The predicted molar refractivity (Wildman–Crippen MR) is 169 cm³/mol. The number of phenolic OH excluding ortho intramolecular Hbond substituents is 1. The van der Waals surface area contributed by atoms with Crippen LogP contribution in [0.5, 0.6) is 11.8 Å². The van der Waals surface area contributed by atoms with Gasteiger partial charge in [0.15, 0.2) is 5.82 Å². The van der Waals surface area contributed by atoms with Crippen LogP contribution in [0.4, 0.5) is 14.6 Å². The van der Waals surface area contributed by atoms with E-state index in [1.54, 1.807) is 0 Å². The van der Waals surface area contributed by atoms with Crippen molar-refractivity contribution >= 4 is 27.5 Å². The van der Waals surface area contributed by atoms with Crippen LogP contribution in [0, 0.1) is 24.0 Å². The highest BCUT2D eigenvalue weighted by Crippen LogP contribution is 2.43. The lowest BCUT2D eigenvalue weighted by molar-refractivity contribution is 0.108. The lowest BCUT2D eigenvalue weighted by Crippen LogP contribution is -2.58. The minimum atomic E-state index is -2.28. The fourth-order valence-corrected chi connectivity index (χ4v) is 7.95. The van der Waals surface area contributed by atoms with Gasteiger partial charge in [0, 0.05) is 52.5 Å². The van der Waals surface area contributed by atoms with Gasteiger partial charge in [0.2, 0.25) is 0 Å². The molecule has 230 valence electrons. The molecule has 10 heteroatoms. The molecule has 4 saturated heterocycles. The number of halogens is 2. The van der Waals surface area contributed by atoms with Crippen LogP contribution in [0.1, 0.15) is 48.6 Å². The van der Waals surface area contributed by atoms with Crippen LogP contribution in [0.2, 0.25) is 0 Å². The summed E-state index contributed by atoms with van der Waals surface area (Å²) in [6, 6.07) is 5.24. The molecule has 8 rings (SSSR count). The van der Waals surface area contributed by atoms with Crippen molar-refractivity contribution in [2.45, 2.75) is 56.1 Å². The molecular weight excluding hydrogens is 574 g/mol. The zero-order valence-electron chi connectivity index (χ0n) is 27.7. The fourth-order valence-electron chi connectivity index (χ4n) is 7.95. The van der Waals surface area contributed by atoms with E-state index in [2.05, 4.69) is 32.7 Å². The summed E-state index contributed by atoms with van der Waals surface area (Å²) in [5.74, 6) is 1.01. The van der Waals surface area contributed by atoms with Crippen LogP contribution in [-0.2, 0) is 0 Å². The van der Waals surface area contributed by atoms with Crippen molar-refractivity contribution in [1.82, 2.24) is 25.2 Å². The third kappa shape index (κ3) is 4.51. The summed E-state index contributed by atoms with van der Waals surface area (Å²) in [5.41, 5.74) is -0.523. The van der Waals surface area contributed by atoms with Crippen molar-refractivity contribution in [3.05, 3.63) is 59.8 Å². The fraction of sp³-hybridized carbons (Fsp3) is 0.400. The quantitative estimate of drug-likeness (QED) is 0.232. The first-order chi connectivity index (χ1) is 22.9. The second-order valence-corrected chi connectivity index (χ2v) is 13.0. The first-order valence-electron chi connectivity index (χ1n) is 16.8. The van der Waals surface area contributed by atoms with E-state index in [0.29, 0.717) is 30.6 Å². The molecule has 4 aliphatic heterocycles. The third-order valence-electron chi connectivity index (χ3n) is 9.90. The van der Waals surface area contributed by atoms with Gasteiger partial charge in [-0.25, -0.2) is 8.78 Å². The number of aromatic hydroxyl groups is 1. The largest absolute Gasteiger partial charge is 0.508 e. The Balaban J connectivity index is 1.29. The molecule has 6 heterocycles. The number of hydrogen-bond donors (Lipinski definition) is 2. The highest BCUT2D eigenvalue weighted by Gasteiger charge is 2.47. The molecule has 8 nitrogen and oxygen atoms in total. The van der Waals surface area contributed by atoms with Gasteiger partial charge in [-0.3, -0.25) is 9.88 Å². The Hall–Kier alpha value is -4.33. The lowest BCUT2D eigenvalue weighted by atomic mass is 9.94. The summed E-state index contributed by atoms with van der Waals surface area (Å²) in [5, 5.41) is 14.8. The number of nitrogens with zero attached hydrogens (tertiary/aromatic N) is 5. The van der Waals surface area contributed by atoms with Gasteiger partial charge in [-0.05, 0) is 69.1 Å². The monoisotopic (exact) mass is 611 g/mol. The minimum absolute atomic E-state index is 0.0442. The number of hydrogen-bond acceptors (Lipinski definition) is 8. The van der Waals surface area contributed by atoms with Crippen LogP contribution in [-0.4, -0.2) is 74.9 Å². The molecule has 4 aromatic rings. The standard InChI is InChI=1S/C35H34F2N6O2/c1-4-24-27(36)7-6-21-12-23(44)13-25(28(21)24)30-29(37)31-26(15-38-30)32(42-17-22-8-10-34(3,18-42)41-22)40-33(39-31)45-19-35-9-5-11-43(35)16-20(2)14-35/h1,6-7,12-13,15,22,41,44H,2,5,8-11,14,16-19H2,3H3/t22-,34+,35-/m0/s1/i3D3. The molecule has 0 saturated carbocycles. The van der Waals surface area contributed by atoms with Crippen LogP contribution in [0.25, 0.3) is 32.9 Å². The molecule has 45 heavy (non-hydrogen) atoms. The van der Waals surface area contributed by atoms with Crippen LogP contribution in [0.15, 0.2) is 42.6 Å². The van der Waals surface area contributed by atoms with Gasteiger partial charge in [-0.15, -0.1) is 6.42 Å². The number of phenols is 1. The molecule has 0 spiro atoms. The number of ether oxygens (including phenoxy) is 1. The van der Waals surface area contributed by atoms with Crippen molar-refractivity contribution in [2.24, 2.45) is 0 Å². The summed E-state index contributed by atoms with van der Waals surface area (Å²) in [4.78, 5) is 18.1. The summed E-state index contributed by atoms with van der Waals surface area (Å²) in [6.07, 6.45) is 11.0. The topological polar surface area (TPSA) is 86.6 Å². The molecule has 0 radical (unpaired) electrons. The number of rotatable bonds is 5. The second kappa shape index (κ2) is 10.1. The first kappa shape index (κ1) is 24.9. The van der Waals surface area contributed by atoms with Gasteiger partial charge in [0.25, 0.3) is 0 Å². The minimum Gasteiger partial charge on any atom is -0.508 e. The first-order valence-corrected chi connectivity index (χ1v) is 15.3. The molecule has 0 unspecified atom stereocenters. The van der Waals surface area contributed by atoms with E-state index in [0.717, 1.165) is 37.9 Å². The Bertz CT molecular complexity index is 2070. The summed E-state index contributed by atoms with van der Waals surface area (Å²) in [7, 11) is 0. The smallest absolute Gasteiger partial charge is 0.319 e. The molecule has 0 amide bonds. The van der Waals surface area contributed by atoms with Crippen molar-refractivity contribution in [3.8, 4) is 35.4 Å². The number of aromatic nitrogens is 3. The predicted octanol–water partition coefficient (Wildman–Crippen LogP) is 5.31. The average molecular weight is 612 g/mol. The lowest BCUT2D eigenvalue weighted by Gasteiger charge is -2.40. The maximum absolute atomic E-state index is 16.9. The molecule has 0 aliphatic carbocycles. The van der Waals surface area contributed by atoms with Gasteiger partial charge in [-0.1, -0.05) is 24.1 Å². The normalized spacial score (nSPS) is 27.4. The maximum Gasteiger partial charge on any atom is 0.319 e. The van der Waals surface area contributed by atoms with Crippen molar-refractivity contribution < 1.29 is 22.7 Å². The maximum atomic E-state index is 16.9. The molecule has 2 aromatic carbocycles. The second-order valence-electron chi connectivity index (χ2n) is 13.0.